The van der Waals surface area contributed by atoms with Crippen molar-refractivity contribution in [2.24, 2.45) is 0 Å². The molecule has 0 bridgehead atoms. The Balaban J connectivity index is 1.92. The van der Waals surface area contributed by atoms with Crippen LogP contribution in [-0.2, 0) is 6.54 Å². The predicted molar refractivity (Wildman–Crippen MR) is 63.3 cm³/mol. The summed E-state index contributed by atoms with van der Waals surface area (Å²) < 4.78 is 7.18. The number of rotatable bonds is 3. The molecule has 0 saturated heterocycles. The fraction of sp³-hybridized carbons (Fsp3) is 0.0769. The van der Waals surface area contributed by atoms with Crippen LogP contribution < -0.4 is 0 Å². The number of benzene rings is 1. The van der Waals surface area contributed by atoms with Crippen molar-refractivity contribution in [1.29, 1.82) is 0 Å². The van der Waals surface area contributed by atoms with E-state index in [-0.39, 0.29) is 0 Å². The van der Waals surface area contributed by atoms with Crippen molar-refractivity contribution in [3.63, 3.8) is 0 Å². The monoisotopic (exact) mass is 225 g/mol. The minimum atomic E-state index is 0.691. The van der Waals surface area contributed by atoms with E-state index in [0.29, 0.717) is 6.54 Å². The van der Waals surface area contributed by atoms with Crippen LogP contribution in [0.4, 0.5) is 0 Å². The molecule has 2 heterocycles. The van der Waals surface area contributed by atoms with Crippen LogP contribution in [-0.4, -0.2) is 15.0 Å². The molecule has 3 rings (SSSR count). The van der Waals surface area contributed by atoms with Gasteiger partial charge in [0.05, 0.1) is 19.0 Å². The molecule has 0 aliphatic carbocycles. The third-order valence-corrected chi connectivity index (χ3v) is 2.57. The van der Waals surface area contributed by atoms with Crippen LogP contribution in [0.25, 0.3) is 11.5 Å². The van der Waals surface area contributed by atoms with Crippen molar-refractivity contribution in [3.05, 3.63) is 60.5 Å². The zero-order valence-electron chi connectivity index (χ0n) is 9.15. The molecule has 17 heavy (non-hydrogen) atoms. The Hall–Kier alpha value is -2.36. The lowest BCUT2D eigenvalue weighted by Gasteiger charge is -2.03. The van der Waals surface area contributed by atoms with Gasteiger partial charge in [0.1, 0.15) is 5.69 Å². The van der Waals surface area contributed by atoms with Crippen molar-refractivity contribution in [2.75, 3.05) is 0 Å². The Labute approximate surface area is 98.5 Å². The summed E-state index contributed by atoms with van der Waals surface area (Å²) in [5.41, 5.74) is 2.07. The molecule has 0 amide bonds. The molecule has 4 heteroatoms. The molecular formula is C13H11N3O. The van der Waals surface area contributed by atoms with Gasteiger partial charge in [-0.05, 0) is 17.7 Å². The average Bonchev–Trinajstić information content (AvgIpc) is 3.00. The van der Waals surface area contributed by atoms with Gasteiger partial charge in [-0.25, -0.2) is 4.68 Å². The lowest BCUT2D eigenvalue weighted by Crippen LogP contribution is -2.03. The maximum atomic E-state index is 5.36. The van der Waals surface area contributed by atoms with E-state index in [2.05, 4.69) is 22.4 Å². The number of nitrogens with zero attached hydrogens (tertiary/aromatic N) is 3. The molecule has 0 saturated carbocycles. The van der Waals surface area contributed by atoms with Crippen LogP contribution in [0.5, 0.6) is 0 Å². The van der Waals surface area contributed by atoms with Gasteiger partial charge < -0.3 is 4.42 Å². The highest BCUT2D eigenvalue weighted by Gasteiger charge is 2.09. The molecule has 0 aliphatic heterocycles. The summed E-state index contributed by atoms with van der Waals surface area (Å²) in [5.74, 6) is 0.783. The Kier molecular flexibility index (Phi) is 2.46. The molecule has 0 unspecified atom stereocenters. The zero-order valence-corrected chi connectivity index (χ0v) is 9.15. The minimum Gasteiger partial charge on any atom is -0.463 e. The third-order valence-electron chi connectivity index (χ3n) is 2.57. The highest BCUT2D eigenvalue weighted by atomic mass is 16.3. The number of furan rings is 1. The van der Waals surface area contributed by atoms with Gasteiger partial charge in [-0.1, -0.05) is 35.5 Å². The molecule has 0 spiro atoms. The number of hydrogen-bond donors (Lipinski definition) is 0. The molecule has 4 nitrogen and oxygen atoms in total. The van der Waals surface area contributed by atoms with E-state index in [1.807, 2.05) is 35.0 Å². The Bertz CT molecular complexity index is 584. The average molecular weight is 225 g/mol. The smallest absolute Gasteiger partial charge is 0.153 e. The van der Waals surface area contributed by atoms with Crippen LogP contribution in [0.2, 0.25) is 0 Å². The topological polar surface area (TPSA) is 43.9 Å². The third kappa shape index (κ3) is 1.97. The van der Waals surface area contributed by atoms with Gasteiger partial charge in [-0.3, -0.25) is 0 Å². The molecule has 0 aliphatic rings. The van der Waals surface area contributed by atoms with Gasteiger partial charge in [0.2, 0.25) is 0 Å². The fourth-order valence-electron chi connectivity index (χ4n) is 1.75. The van der Waals surface area contributed by atoms with E-state index in [4.69, 9.17) is 4.42 Å². The lowest BCUT2D eigenvalue weighted by atomic mass is 10.2. The second kappa shape index (κ2) is 4.25. The second-order valence-corrected chi connectivity index (χ2v) is 3.74. The summed E-state index contributed by atoms with van der Waals surface area (Å²) in [4.78, 5) is 0. The predicted octanol–water partition coefficient (Wildman–Crippen LogP) is 2.59. The van der Waals surface area contributed by atoms with Gasteiger partial charge in [0.25, 0.3) is 0 Å². The van der Waals surface area contributed by atoms with Gasteiger partial charge in [-0.2, -0.15) is 0 Å². The number of aromatic nitrogens is 3. The molecule has 1 aromatic carbocycles. The normalized spacial score (nSPS) is 10.6. The molecule has 84 valence electrons. The first kappa shape index (κ1) is 9.84. The van der Waals surface area contributed by atoms with Crippen molar-refractivity contribution < 1.29 is 4.42 Å². The first-order chi connectivity index (χ1) is 8.43. The first-order valence-electron chi connectivity index (χ1n) is 5.40. The highest BCUT2D eigenvalue weighted by Crippen LogP contribution is 2.18. The largest absolute Gasteiger partial charge is 0.463 e. The van der Waals surface area contributed by atoms with Crippen molar-refractivity contribution in [2.45, 2.75) is 6.54 Å². The molecule has 0 N–H and O–H groups in total. The van der Waals surface area contributed by atoms with E-state index in [1.54, 1.807) is 12.5 Å². The van der Waals surface area contributed by atoms with Crippen LogP contribution in [0.3, 0.4) is 0 Å². The zero-order chi connectivity index (χ0) is 11.5. The summed E-state index contributed by atoms with van der Waals surface area (Å²) in [6.07, 6.45) is 3.36. The molecule has 0 radical (unpaired) electrons. The first-order valence-corrected chi connectivity index (χ1v) is 5.40. The Morgan fingerprint density at radius 3 is 2.71 bits per heavy atom. The van der Waals surface area contributed by atoms with Crippen molar-refractivity contribution in [3.8, 4) is 11.5 Å². The van der Waals surface area contributed by atoms with E-state index in [1.165, 1.54) is 5.56 Å². The van der Waals surface area contributed by atoms with E-state index < -0.39 is 0 Å². The molecular weight excluding hydrogens is 214 g/mol. The van der Waals surface area contributed by atoms with Gasteiger partial charge in [0, 0.05) is 0 Å². The lowest BCUT2D eigenvalue weighted by molar-refractivity contribution is 0.566. The highest BCUT2D eigenvalue weighted by molar-refractivity contribution is 5.50. The van der Waals surface area contributed by atoms with Crippen molar-refractivity contribution >= 4 is 0 Å². The van der Waals surface area contributed by atoms with Gasteiger partial charge in [-0.15, -0.1) is 5.10 Å². The molecule has 0 fully saturated rings. The van der Waals surface area contributed by atoms with E-state index in [9.17, 15) is 0 Å². The summed E-state index contributed by atoms with van der Waals surface area (Å²) in [5, 5.41) is 8.00. The van der Waals surface area contributed by atoms with Gasteiger partial charge >= 0.3 is 0 Å². The molecule has 3 aromatic rings. The van der Waals surface area contributed by atoms with Crippen LogP contribution in [0, 0.1) is 0 Å². The fourth-order valence-corrected chi connectivity index (χ4v) is 1.75. The minimum absolute atomic E-state index is 0.691. The number of hydrogen-bond acceptors (Lipinski definition) is 3. The summed E-state index contributed by atoms with van der Waals surface area (Å²) in [6, 6.07) is 13.9. The van der Waals surface area contributed by atoms with E-state index >= 15 is 0 Å². The van der Waals surface area contributed by atoms with Gasteiger partial charge in [0.15, 0.2) is 5.76 Å². The molecule has 0 atom stereocenters. The molecule has 2 aromatic heterocycles. The standard InChI is InChI=1S/C13H11N3O/c1-2-5-11(6-3-1)10-16-12(9-14-15-16)13-7-4-8-17-13/h1-9H,10H2. The summed E-state index contributed by atoms with van der Waals surface area (Å²) in [7, 11) is 0. The van der Waals surface area contributed by atoms with Crippen LogP contribution in [0.1, 0.15) is 5.56 Å². The summed E-state index contributed by atoms with van der Waals surface area (Å²) in [6.45, 7) is 0.691. The quantitative estimate of drug-likeness (QED) is 0.688. The summed E-state index contributed by atoms with van der Waals surface area (Å²) >= 11 is 0. The SMILES string of the molecule is c1ccc(Cn2nncc2-c2ccco2)cc1. The maximum Gasteiger partial charge on any atom is 0.153 e. The van der Waals surface area contributed by atoms with E-state index in [0.717, 1.165) is 11.5 Å². The second-order valence-electron chi connectivity index (χ2n) is 3.74. The van der Waals surface area contributed by atoms with Crippen molar-refractivity contribution in [1.82, 2.24) is 15.0 Å². The maximum absolute atomic E-state index is 5.36. The Morgan fingerprint density at radius 1 is 1.06 bits per heavy atom. The Morgan fingerprint density at radius 2 is 1.94 bits per heavy atom. The van der Waals surface area contributed by atoms with Crippen LogP contribution >= 0.6 is 0 Å². The van der Waals surface area contributed by atoms with Crippen LogP contribution in [0.15, 0.2) is 59.3 Å².